The van der Waals surface area contributed by atoms with Crippen molar-refractivity contribution in [1.82, 2.24) is 19.9 Å². The first kappa shape index (κ1) is 21.2. The molecule has 1 aliphatic rings. The van der Waals surface area contributed by atoms with Crippen LogP contribution in [0.5, 0.6) is 5.75 Å². The quantitative estimate of drug-likeness (QED) is 0.593. The fourth-order valence-corrected chi connectivity index (χ4v) is 3.66. The molecule has 0 saturated carbocycles. The van der Waals surface area contributed by atoms with Crippen molar-refractivity contribution < 1.29 is 14.2 Å². The van der Waals surface area contributed by atoms with E-state index in [2.05, 4.69) is 26.3 Å². The first-order chi connectivity index (χ1) is 15.2. The molecule has 1 aliphatic heterocycles. The lowest BCUT2D eigenvalue weighted by atomic mass is 10.1. The molecule has 0 aliphatic carbocycles. The van der Waals surface area contributed by atoms with E-state index in [1.54, 1.807) is 32.7 Å². The van der Waals surface area contributed by atoms with Gasteiger partial charge in [-0.25, -0.2) is 15.0 Å². The number of hydrogen-bond donors (Lipinski definition) is 1. The van der Waals surface area contributed by atoms with Crippen molar-refractivity contribution in [1.29, 1.82) is 0 Å². The molecule has 1 atom stereocenters. The summed E-state index contributed by atoms with van der Waals surface area (Å²) in [4.78, 5) is 15.5. The van der Waals surface area contributed by atoms with Crippen LogP contribution in [-0.4, -0.2) is 53.8 Å². The van der Waals surface area contributed by atoms with Crippen LogP contribution >= 0.6 is 0 Å². The van der Waals surface area contributed by atoms with E-state index in [9.17, 15) is 0 Å². The van der Waals surface area contributed by atoms with Crippen LogP contribution in [0.15, 0.2) is 54.9 Å². The zero-order chi connectivity index (χ0) is 21.5. The average Bonchev–Trinajstić information content (AvgIpc) is 2.81. The molecular weight excluding hydrogens is 394 g/mol. The van der Waals surface area contributed by atoms with Gasteiger partial charge >= 0.3 is 0 Å². The van der Waals surface area contributed by atoms with Crippen molar-refractivity contribution in [3.63, 3.8) is 0 Å². The summed E-state index contributed by atoms with van der Waals surface area (Å²) >= 11 is 0. The standard InChI is InChI=1S/C23H27N5O3/c1-29-16-17-7-8-20(30-2)18(13-17)14-28-11-12-31-21(15-28)19-5-3-6-22(26-19)27-23-24-9-4-10-25-23/h3-10,13,21H,11-12,14-16H2,1-2H3,(H,24,25,26,27)/t21-/m1/s1. The van der Waals surface area contributed by atoms with Gasteiger partial charge in [0.05, 0.1) is 26.0 Å². The van der Waals surface area contributed by atoms with Gasteiger partial charge in [-0.1, -0.05) is 12.1 Å². The lowest BCUT2D eigenvalue weighted by Crippen LogP contribution is -2.38. The fourth-order valence-electron chi connectivity index (χ4n) is 3.66. The highest BCUT2D eigenvalue weighted by Crippen LogP contribution is 2.27. The Morgan fingerprint density at radius 1 is 1.13 bits per heavy atom. The van der Waals surface area contributed by atoms with Gasteiger partial charge < -0.3 is 19.5 Å². The number of benzene rings is 1. The summed E-state index contributed by atoms with van der Waals surface area (Å²) in [7, 11) is 3.41. The molecule has 3 aromatic rings. The first-order valence-electron chi connectivity index (χ1n) is 10.2. The van der Waals surface area contributed by atoms with Crippen molar-refractivity contribution in [3.05, 3.63) is 71.7 Å². The minimum Gasteiger partial charge on any atom is -0.496 e. The third-order valence-corrected chi connectivity index (χ3v) is 5.11. The van der Waals surface area contributed by atoms with Gasteiger partial charge in [0.1, 0.15) is 17.7 Å². The molecule has 0 amide bonds. The lowest BCUT2D eigenvalue weighted by molar-refractivity contribution is -0.0351. The van der Waals surface area contributed by atoms with Crippen molar-refractivity contribution >= 4 is 11.8 Å². The van der Waals surface area contributed by atoms with Gasteiger partial charge in [-0.15, -0.1) is 0 Å². The lowest BCUT2D eigenvalue weighted by Gasteiger charge is -2.33. The van der Waals surface area contributed by atoms with Crippen LogP contribution in [0.4, 0.5) is 11.8 Å². The maximum atomic E-state index is 6.04. The number of methoxy groups -OCH3 is 2. The number of hydrogen-bond acceptors (Lipinski definition) is 8. The van der Waals surface area contributed by atoms with Crippen LogP contribution in [0.25, 0.3) is 0 Å². The van der Waals surface area contributed by atoms with Gasteiger partial charge in [0.25, 0.3) is 0 Å². The smallest absolute Gasteiger partial charge is 0.228 e. The largest absolute Gasteiger partial charge is 0.496 e. The highest BCUT2D eigenvalue weighted by atomic mass is 16.5. The zero-order valence-electron chi connectivity index (χ0n) is 17.8. The molecule has 0 unspecified atom stereocenters. The summed E-state index contributed by atoms with van der Waals surface area (Å²) in [6.07, 6.45) is 3.27. The zero-order valence-corrected chi connectivity index (χ0v) is 17.8. The topological polar surface area (TPSA) is 81.6 Å². The maximum Gasteiger partial charge on any atom is 0.228 e. The molecule has 0 spiro atoms. The van der Waals surface area contributed by atoms with E-state index in [1.807, 2.05) is 30.3 Å². The molecule has 162 valence electrons. The molecule has 1 aromatic carbocycles. The minimum atomic E-state index is -0.111. The monoisotopic (exact) mass is 421 g/mol. The van der Waals surface area contributed by atoms with E-state index in [-0.39, 0.29) is 6.10 Å². The van der Waals surface area contributed by atoms with Crippen LogP contribution in [0.3, 0.4) is 0 Å². The third kappa shape index (κ3) is 5.55. The molecule has 4 rings (SSSR count). The molecule has 2 aromatic heterocycles. The Hall–Kier alpha value is -3.07. The van der Waals surface area contributed by atoms with Crippen molar-refractivity contribution in [2.24, 2.45) is 0 Å². The van der Waals surface area contributed by atoms with Crippen molar-refractivity contribution in [2.45, 2.75) is 19.3 Å². The highest BCUT2D eigenvalue weighted by molar-refractivity contribution is 5.47. The van der Waals surface area contributed by atoms with Gasteiger partial charge in [0.15, 0.2) is 0 Å². The molecule has 1 saturated heterocycles. The van der Waals surface area contributed by atoms with Gasteiger partial charge in [-0.05, 0) is 35.9 Å². The Morgan fingerprint density at radius 2 is 2.00 bits per heavy atom. The number of nitrogens with one attached hydrogen (secondary N) is 1. The van der Waals surface area contributed by atoms with Crippen LogP contribution in [0.1, 0.15) is 22.9 Å². The molecule has 31 heavy (non-hydrogen) atoms. The van der Waals surface area contributed by atoms with E-state index in [0.29, 0.717) is 25.0 Å². The molecule has 1 fully saturated rings. The summed E-state index contributed by atoms with van der Waals surface area (Å²) < 4.78 is 16.9. The SMILES string of the molecule is COCc1ccc(OC)c(CN2CCO[C@@H](c3cccc(Nc4ncccn4)n3)C2)c1. The number of ether oxygens (including phenoxy) is 3. The summed E-state index contributed by atoms with van der Waals surface area (Å²) in [6, 6.07) is 13.8. The molecule has 0 bridgehead atoms. The normalized spacial score (nSPS) is 16.8. The number of nitrogens with zero attached hydrogens (tertiary/aromatic N) is 4. The van der Waals surface area contributed by atoms with E-state index < -0.39 is 0 Å². The van der Waals surface area contributed by atoms with Gasteiger partial charge in [-0.3, -0.25) is 4.90 Å². The Kier molecular flexibility index (Phi) is 7.03. The molecule has 1 N–H and O–H groups in total. The Bertz CT molecular complexity index is 986. The van der Waals surface area contributed by atoms with Crippen LogP contribution < -0.4 is 10.1 Å². The highest BCUT2D eigenvalue weighted by Gasteiger charge is 2.24. The van der Waals surface area contributed by atoms with Crippen LogP contribution in [0, 0.1) is 0 Å². The Balaban J connectivity index is 1.45. The minimum absolute atomic E-state index is 0.111. The second kappa shape index (κ2) is 10.3. The average molecular weight is 422 g/mol. The predicted octanol–water partition coefficient (Wildman–Crippen LogP) is 3.34. The second-order valence-electron chi connectivity index (χ2n) is 7.32. The van der Waals surface area contributed by atoms with E-state index in [4.69, 9.17) is 19.2 Å². The predicted molar refractivity (Wildman–Crippen MR) is 117 cm³/mol. The van der Waals surface area contributed by atoms with E-state index in [1.165, 1.54) is 0 Å². The summed E-state index contributed by atoms with van der Waals surface area (Å²) in [5.41, 5.74) is 3.15. The Labute approximate surface area is 182 Å². The van der Waals surface area contributed by atoms with Crippen LogP contribution in [-0.2, 0) is 22.6 Å². The Morgan fingerprint density at radius 3 is 2.81 bits per heavy atom. The molecular formula is C23H27N5O3. The number of morpholine rings is 1. The second-order valence-corrected chi connectivity index (χ2v) is 7.32. The number of anilines is 2. The summed E-state index contributed by atoms with van der Waals surface area (Å²) in [5, 5.41) is 3.14. The first-order valence-corrected chi connectivity index (χ1v) is 10.2. The molecule has 8 nitrogen and oxygen atoms in total. The van der Waals surface area contributed by atoms with Gasteiger partial charge in [0.2, 0.25) is 5.95 Å². The fraction of sp³-hybridized carbons (Fsp3) is 0.348. The van der Waals surface area contributed by atoms with E-state index in [0.717, 1.165) is 42.2 Å². The summed E-state index contributed by atoms with van der Waals surface area (Å²) in [6.45, 7) is 3.60. The van der Waals surface area contributed by atoms with Gasteiger partial charge in [0, 0.05) is 44.7 Å². The van der Waals surface area contributed by atoms with Crippen LogP contribution in [0.2, 0.25) is 0 Å². The van der Waals surface area contributed by atoms with Crippen molar-refractivity contribution in [2.75, 3.05) is 39.2 Å². The third-order valence-electron chi connectivity index (χ3n) is 5.11. The summed E-state index contributed by atoms with van der Waals surface area (Å²) in [5.74, 6) is 2.09. The maximum absolute atomic E-state index is 6.04. The van der Waals surface area contributed by atoms with Crippen molar-refractivity contribution in [3.8, 4) is 5.75 Å². The molecule has 8 heteroatoms. The number of pyridine rings is 1. The van der Waals surface area contributed by atoms with E-state index >= 15 is 0 Å². The number of rotatable bonds is 8. The number of aromatic nitrogens is 3. The molecule has 3 heterocycles. The van der Waals surface area contributed by atoms with Gasteiger partial charge in [-0.2, -0.15) is 0 Å². The molecule has 0 radical (unpaired) electrons.